The van der Waals surface area contributed by atoms with Crippen molar-refractivity contribution >= 4 is 60.1 Å². The first-order chi connectivity index (χ1) is 16.8. The molecule has 1 fully saturated rings. The third kappa shape index (κ3) is 4.02. The van der Waals surface area contributed by atoms with Crippen molar-refractivity contribution in [3.05, 3.63) is 93.0 Å². The molecule has 0 radical (unpaired) electrons. The molecule has 0 aliphatic carbocycles. The number of benzene rings is 3. The van der Waals surface area contributed by atoms with E-state index in [1.807, 2.05) is 56.3 Å². The predicted octanol–water partition coefficient (Wildman–Crippen LogP) is 6.31. The number of aromatic nitrogens is 1. The number of aliphatic hydroxyl groups excluding tert-OH is 1. The van der Waals surface area contributed by atoms with E-state index in [0.717, 1.165) is 25.8 Å². The minimum atomic E-state index is -0.827. The molecule has 1 atom stereocenters. The van der Waals surface area contributed by atoms with Crippen molar-refractivity contribution in [2.45, 2.75) is 19.9 Å². The fraction of sp³-hybridized carbons (Fsp3) is 0.148. The molecule has 0 unspecified atom stereocenters. The largest absolute Gasteiger partial charge is 0.507 e. The lowest BCUT2D eigenvalue weighted by molar-refractivity contribution is -0.132. The minimum Gasteiger partial charge on any atom is -0.507 e. The maximum Gasteiger partial charge on any atom is 0.301 e. The molecular weight excluding hydrogens is 528 g/mol. The molecule has 1 saturated heterocycles. The first-order valence-corrected chi connectivity index (χ1v) is 12.5. The number of nitrogens with zero attached hydrogens (tertiary/aromatic N) is 2. The molecule has 5 rings (SSSR count). The highest BCUT2D eigenvalue weighted by Crippen LogP contribution is 2.44. The number of carbonyl (C=O) groups is 2. The van der Waals surface area contributed by atoms with Gasteiger partial charge in [-0.3, -0.25) is 14.5 Å². The summed E-state index contributed by atoms with van der Waals surface area (Å²) in [5, 5.41) is 11.7. The Balaban J connectivity index is 1.72. The molecule has 6 nitrogen and oxygen atoms in total. The number of methoxy groups -OCH3 is 1. The molecular formula is C27H21BrN2O4S. The molecule has 3 aromatic carbocycles. The number of ether oxygens (including phenoxy) is 1. The van der Waals surface area contributed by atoms with Gasteiger partial charge < -0.3 is 9.84 Å². The number of thiazole rings is 1. The summed E-state index contributed by atoms with van der Waals surface area (Å²) in [6, 6.07) is 17.5. The van der Waals surface area contributed by atoms with E-state index in [1.54, 1.807) is 25.3 Å². The van der Waals surface area contributed by atoms with Crippen LogP contribution in [0, 0.1) is 13.8 Å². The van der Waals surface area contributed by atoms with Crippen molar-refractivity contribution in [3.8, 4) is 5.75 Å². The molecule has 4 aromatic rings. The topological polar surface area (TPSA) is 79.7 Å². The van der Waals surface area contributed by atoms with Crippen LogP contribution in [-0.2, 0) is 9.59 Å². The number of Topliss-reactive ketones (excluding diaryl/α,β-unsaturated/α-hetero) is 1. The summed E-state index contributed by atoms with van der Waals surface area (Å²) < 4.78 is 7.10. The third-order valence-electron chi connectivity index (χ3n) is 6.04. The Morgan fingerprint density at radius 2 is 1.80 bits per heavy atom. The number of aryl methyl sites for hydroxylation is 2. The van der Waals surface area contributed by atoms with Gasteiger partial charge >= 0.3 is 5.91 Å². The van der Waals surface area contributed by atoms with Gasteiger partial charge in [0.25, 0.3) is 5.78 Å². The molecule has 35 heavy (non-hydrogen) atoms. The highest BCUT2D eigenvalue weighted by molar-refractivity contribution is 9.10. The molecule has 8 heteroatoms. The molecule has 176 valence electrons. The highest BCUT2D eigenvalue weighted by Gasteiger charge is 2.48. The summed E-state index contributed by atoms with van der Waals surface area (Å²) in [5.41, 5.74) is 3.77. The molecule has 0 spiro atoms. The molecule has 2 heterocycles. The van der Waals surface area contributed by atoms with Gasteiger partial charge in [0.2, 0.25) is 0 Å². The molecule has 0 bridgehead atoms. The molecule has 0 saturated carbocycles. The van der Waals surface area contributed by atoms with E-state index < -0.39 is 17.7 Å². The van der Waals surface area contributed by atoms with Gasteiger partial charge in [-0.15, -0.1) is 0 Å². The molecule has 1 aromatic heterocycles. The normalized spacial score (nSPS) is 17.4. The van der Waals surface area contributed by atoms with E-state index in [2.05, 4.69) is 20.9 Å². The van der Waals surface area contributed by atoms with Crippen LogP contribution in [0.2, 0.25) is 0 Å². The lowest BCUT2D eigenvalue weighted by Crippen LogP contribution is -2.29. The Kier molecular flexibility index (Phi) is 5.94. The smallest absolute Gasteiger partial charge is 0.301 e. The second-order valence-corrected chi connectivity index (χ2v) is 10.3. The average Bonchev–Trinajstić information content (AvgIpc) is 3.37. The Labute approximate surface area is 214 Å². The number of anilines is 1. The van der Waals surface area contributed by atoms with Crippen molar-refractivity contribution in [1.29, 1.82) is 0 Å². The Hall–Kier alpha value is -3.49. The van der Waals surface area contributed by atoms with Crippen molar-refractivity contribution in [2.24, 2.45) is 0 Å². The summed E-state index contributed by atoms with van der Waals surface area (Å²) >= 11 is 4.78. The number of ketones is 1. The maximum atomic E-state index is 13.4. The summed E-state index contributed by atoms with van der Waals surface area (Å²) in [7, 11) is 1.57. The number of carbonyl (C=O) groups excluding carboxylic acids is 2. The van der Waals surface area contributed by atoms with Crippen LogP contribution < -0.4 is 9.64 Å². The van der Waals surface area contributed by atoms with Gasteiger partial charge in [0.1, 0.15) is 11.5 Å². The van der Waals surface area contributed by atoms with Gasteiger partial charge in [0.15, 0.2) is 5.13 Å². The zero-order valence-corrected chi connectivity index (χ0v) is 21.6. The van der Waals surface area contributed by atoms with Crippen LogP contribution >= 0.6 is 27.3 Å². The lowest BCUT2D eigenvalue weighted by Gasteiger charge is -2.23. The minimum absolute atomic E-state index is 0.0253. The van der Waals surface area contributed by atoms with E-state index >= 15 is 0 Å². The van der Waals surface area contributed by atoms with Gasteiger partial charge in [0, 0.05) is 10.0 Å². The van der Waals surface area contributed by atoms with Gasteiger partial charge in [-0.1, -0.05) is 45.5 Å². The zero-order valence-electron chi connectivity index (χ0n) is 19.2. The SMILES string of the molecule is COc1ccc(/C(O)=C2\C(=O)C(=O)N(c3nc4ccc(C)cc4s3)[C@H]2c2ccc(Br)cc2)cc1C. The van der Waals surface area contributed by atoms with Gasteiger partial charge in [0.05, 0.1) is 28.9 Å². The van der Waals surface area contributed by atoms with E-state index in [4.69, 9.17) is 4.74 Å². The number of aliphatic hydroxyl groups is 1. The van der Waals surface area contributed by atoms with Crippen LogP contribution in [0.15, 0.2) is 70.7 Å². The summed E-state index contributed by atoms with van der Waals surface area (Å²) in [5.74, 6) is -1.04. The highest BCUT2D eigenvalue weighted by atomic mass is 79.9. The van der Waals surface area contributed by atoms with Crippen LogP contribution in [0.3, 0.4) is 0 Å². The maximum absolute atomic E-state index is 13.4. The molecule has 1 aliphatic heterocycles. The molecule has 1 N–H and O–H groups in total. The predicted molar refractivity (Wildman–Crippen MR) is 141 cm³/mol. The Morgan fingerprint density at radius 3 is 2.49 bits per heavy atom. The average molecular weight is 549 g/mol. The molecule has 1 aliphatic rings. The number of rotatable bonds is 4. The number of fused-ring (bicyclic) bond motifs is 1. The lowest BCUT2D eigenvalue weighted by atomic mass is 9.95. The van der Waals surface area contributed by atoms with E-state index in [-0.39, 0.29) is 11.3 Å². The Morgan fingerprint density at radius 1 is 1.06 bits per heavy atom. The quantitative estimate of drug-likeness (QED) is 0.183. The monoisotopic (exact) mass is 548 g/mol. The first kappa shape index (κ1) is 23.3. The second-order valence-electron chi connectivity index (χ2n) is 8.37. The Bertz CT molecular complexity index is 1520. The zero-order chi connectivity index (χ0) is 24.9. The van der Waals surface area contributed by atoms with Gasteiger partial charge in [-0.05, 0) is 73.0 Å². The van der Waals surface area contributed by atoms with Crippen LogP contribution in [-0.4, -0.2) is 28.9 Å². The van der Waals surface area contributed by atoms with Gasteiger partial charge in [-0.2, -0.15) is 0 Å². The van der Waals surface area contributed by atoms with Crippen molar-refractivity contribution < 1.29 is 19.4 Å². The number of hydrogen-bond acceptors (Lipinski definition) is 6. The summed E-state index contributed by atoms with van der Waals surface area (Å²) in [6.45, 7) is 3.84. The van der Waals surface area contributed by atoms with Crippen LogP contribution in [0.4, 0.5) is 5.13 Å². The number of halogens is 1. The third-order valence-corrected chi connectivity index (χ3v) is 7.58. The van der Waals surface area contributed by atoms with E-state index in [9.17, 15) is 14.7 Å². The van der Waals surface area contributed by atoms with Crippen molar-refractivity contribution in [1.82, 2.24) is 4.98 Å². The standard InChI is InChI=1S/C27H21BrN2O4S/c1-14-4-10-19-21(12-14)35-27(29-19)30-23(16-5-8-18(28)9-6-16)22(25(32)26(30)33)24(31)17-7-11-20(34-3)15(2)13-17/h4-13,23,31H,1-3H3/b24-22+/t23-/m0/s1. The number of hydrogen-bond donors (Lipinski definition) is 1. The van der Waals surface area contributed by atoms with Crippen LogP contribution in [0.5, 0.6) is 5.75 Å². The van der Waals surface area contributed by atoms with E-state index in [0.29, 0.717) is 22.0 Å². The first-order valence-electron chi connectivity index (χ1n) is 10.9. The van der Waals surface area contributed by atoms with Gasteiger partial charge in [-0.25, -0.2) is 4.98 Å². The second kappa shape index (κ2) is 8.94. The molecule has 1 amide bonds. The summed E-state index contributed by atoms with van der Waals surface area (Å²) in [6.07, 6.45) is 0. The fourth-order valence-corrected chi connectivity index (χ4v) is 5.65. The summed E-state index contributed by atoms with van der Waals surface area (Å²) in [4.78, 5) is 32.8. The van der Waals surface area contributed by atoms with Crippen LogP contribution in [0.25, 0.3) is 16.0 Å². The fourth-order valence-electron chi connectivity index (χ4n) is 4.29. The van der Waals surface area contributed by atoms with Crippen molar-refractivity contribution in [2.75, 3.05) is 12.0 Å². The van der Waals surface area contributed by atoms with Crippen molar-refractivity contribution in [3.63, 3.8) is 0 Å². The van der Waals surface area contributed by atoms with E-state index in [1.165, 1.54) is 16.2 Å². The van der Waals surface area contributed by atoms with Crippen LogP contribution in [0.1, 0.15) is 28.3 Å². The number of amides is 1.